The highest BCUT2D eigenvalue weighted by molar-refractivity contribution is 5.97. The molecule has 238 valence electrons. The van der Waals surface area contributed by atoms with E-state index in [1.54, 1.807) is 56.3 Å². The number of aryl methyl sites for hydroxylation is 2. The zero-order valence-corrected chi connectivity index (χ0v) is 25.4. The summed E-state index contributed by atoms with van der Waals surface area (Å²) < 4.78 is 50.2. The Hall–Kier alpha value is -5.55. The van der Waals surface area contributed by atoms with Crippen molar-refractivity contribution in [3.05, 3.63) is 143 Å². The zero-order valence-electron chi connectivity index (χ0n) is 25.4. The number of nitrogens with zero attached hydrogens (tertiary/aromatic N) is 3. The molecule has 4 aromatic carbocycles. The maximum Gasteiger partial charge on any atom is 0.347 e. The standard InChI is InChI=1S/C36H29F3N4O4/c1-21-17-22(2)42-35(41-21)47-33(34(45)46)36(25-12-8-11-24(18-25)23-9-4-3-5-10-23)27-13-6-7-14-30(27)43(31(44)19-40-36)20-26-28(37)15-16-29(38)32(26)39/h3-18,33,40H,19-20H2,1-2H3,(H,45,46). The van der Waals surface area contributed by atoms with E-state index in [1.807, 2.05) is 36.4 Å². The summed E-state index contributed by atoms with van der Waals surface area (Å²) in [5.74, 6) is -5.77. The molecule has 2 unspecified atom stereocenters. The fraction of sp³-hybridized carbons (Fsp3) is 0.167. The van der Waals surface area contributed by atoms with Crippen LogP contribution in [-0.4, -0.2) is 39.6 Å². The van der Waals surface area contributed by atoms with Crippen molar-refractivity contribution in [3.63, 3.8) is 0 Å². The molecule has 0 aliphatic carbocycles. The first-order valence-corrected chi connectivity index (χ1v) is 14.7. The second-order valence-corrected chi connectivity index (χ2v) is 11.2. The molecule has 0 spiro atoms. The fourth-order valence-corrected chi connectivity index (χ4v) is 6.02. The highest BCUT2D eigenvalue weighted by Gasteiger charge is 2.52. The number of nitrogens with one attached hydrogen (secondary N) is 1. The molecule has 1 aliphatic rings. The first-order valence-electron chi connectivity index (χ1n) is 14.7. The summed E-state index contributed by atoms with van der Waals surface area (Å²) in [6.07, 6.45) is -1.77. The normalized spacial score (nSPS) is 16.7. The number of fused-ring (bicyclic) bond motifs is 1. The van der Waals surface area contributed by atoms with Gasteiger partial charge in [-0.25, -0.2) is 27.9 Å². The van der Waals surface area contributed by atoms with Crippen LogP contribution in [0.5, 0.6) is 6.01 Å². The van der Waals surface area contributed by atoms with Crippen LogP contribution >= 0.6 is 0 Å². The number of hydrogen-bond donors (Lipinski definition) is 2. The number of halogens is 3. The molecule has 2 N–H and O–H groups in total. The molecule has 11 heteroatoms. The molecule has 0 fully saturated rings. The third-order valence-electron chi connectivity index (χ3n) is 8.12. The molecule has 1 aromatic heterocycles. The van der Waals surface area contributed by atoms with Crippen LogP contribution in [-0.2, 0) is 21.7 Å². The van der Waals surface area contributed by atoms with Crippen molar-refractivity contribution in [2.45, 2.75) is 32.0 Å². The van der Waals surface area contributed by atoms with E-state index in [-0.39, 0.29) is 17.3 Å². The maximum absolute atomic E-state index is 14.9. The topological polar surface area (TPSA) is 105 Å². The van der Waals surface area contributed by atoms with Crippen LogP contribution in [0.15, 0.2) is 97.1 Å². The summed E-state index contributed by atoms with van der Waals surface area (Å²) >= 11 is 0. The monoisotopic (exact) mass is 638 g/mol. The number of amides is 1. The van der Waals surface area contributed by atoms with Gasteiger partial charge in [-0.1, -0.05) is 66.7 Å². The second-order valence-electron chi connectivity index (χ2n) is 11.2. The summed E-state index contributed by atoms with van der Waals surface area (Å²) in [6.45, 7) is 2.29. The Morgan fingerprint density at radius 3 is 2.28 bits per heavy atom. The molecular formula is C36H29F3N4O4. The number of anilines is 1. The van der Waals surface area contributed by atoms with Crippen LogP contribution in [0.4, 0.5) is 18.9 Å². The fourth-order valence-electron chi connectivity index (χ4n) is 6.02. The molecular weight excluding hydrogens is 609 g/mol. The summed E-state index contributed by atoms with van der Waals surface area (Å²) in [5.41, 5.74) is 1.08. The Bertz CT molecular complexity index is 1970. The smallest absolute Gasteiger partial charge is 0.347 e. The predicted molar refractivity (Wildman–Crippen MR) is 168 cm³/mol. The van der Waals surface area contributed by atoms with Crippen LogP contribution in [0.25, 0.3) is 11.1 Å². The molecule has 0 saturated heterocycles. The Kier molecular flexibility index (Phi) is 8.48. The number of rotatable bonds is 8. The van der Waals surface area contributed by atoms with Crippen molar-refractivity contribution in [1.29, 1.82) is 0 Å². The number of para-hydroxylation sites is 1. The molecule has 2 heterocycles. The summed E-state index contributed by atoms with van der Waals surface area (Å²) in [4.78, 5) is 36.9. The van der Waals surface area contributed by atoms with Gasteiger partial charge in [0.25, 0.3) is 0 Å². The van der Waals surface area contributed by atoms with Gasteiger partial charge in [-0.05, 0) is 60.9 Å². The number of aromatic nitrogens is 2. The van der Waals surface area contributed by atoms with Gasteiger partial charge in [0, 0.05) is 28.2 Å². The molecule has 2 atom stereocenters. The average molecular weight is 639 g/mol. The van der Waals surface area contributed by atoms with E-state index in [0.717, 1.165) is 22.1 Å². The van der Waals surface area contributed by atoms with Gasteiger partial charge in [0.2, 0.25) is 12.0 Å². The number of carbonyl (C=O) groups excluding carboxylic acids is 1. The highest BCUT2D eigenvalue weighted by atomic mass is 19.2. The molecule has 6 rings (SSSR count). The Morgan fingerprint density at radius 2 is 1.55 bits per heavy atom. The van der Waals surface area contributed by atoms with Gasteiger partial charge in [-0.2, -0.15) is 0 Å². The van der Waals surface area contributed by atoms with Crippen molar-refractivity contribution in [2.24, 2.45) is 0 Å². The van der Waals surface area contributed by atoms with Crippen molar-refractivity contribution in [1.82, 2.24) is 15.3 Å². The van der Waals surface area contributed by atoms with Gasteiger partial charge in [0.15, 0.2) is 11.6 Å². The van der Waals surface area contributed by atoms with E-state index in [0.29, 0.717) is 23.0 Å². The van der Waals surface area contributed by atoms with Crippen molar-refractivity contribution < 1.29 is 32.6 Å². The van der Waals surface area contributed by atoms with Gasteiger partial charge in [0.05, 0.1) is 13.1 Å². The van der Waals surface area contributed by atoms with Crippen LogP contribution in [0.1, 0.15) is 28.1 Å². The first kappa shape index (κ1) is 31.4. The SMILES string of the molecule is Cc1cc(C)nc(OC(C(=O)O)C2(c3cccc(-c4ccccc4)c3)NCC(=O)N(Cc3c(F)ccc(F)c3F)c3ccccc32)n1. The number of carbonyl (C=O) groups is 2. The molecule has 1 amide bonds. The summed E-state index contributed by atoms with van der Waals surface area (Å²) in [5, 5.41) is 14.0. The maximum atomic E-state index is 14.9. The third-order valence-corrected chi connectivity index (χ3v) is 8.12. The third kappa shape index (κ3) is 5.93. The highest BCUT2D eigenvalue weighted by Crippen LogP contribution is 2.43. The van der Waals surface area contributed by atoms with E-state index in [4.69, 9.17) is 4.74 Å². The summed E-state index contributed by atoms with van der Waals surface area (Å²) in [7, 11) is 0. The zero-order chi connectivity index (χ0) is 33.3. The van der Waals surface area contributed by atoms with E-state index >= 15 is 0 Å². The van der Waals surface area contributed by atoms with Crippen LogP contribution in [0.2, 0.25) is 0 Å². The Labute approximate surface area is 268 Å². The van der Waals surface area contributed by atoms with Crippen LogP contribution < -0.4 is 15.0 Å². The number of benzene rings is 4. The van der Waals surface area contributed by atoms with Gasteiger partial charge in [-0.15, -0.1) is 0 Å². The Balaban J connectivity index is 1.60. The van der Waals surface area contributed by atoms with E-state index in [1.165, 1.54) is 6.07 Å². The number of aliphatic carboxylic acids is 1. The Morgan fingerprint density at radius 1 is 0.894 bits per heavy atom. The molecule has 0 radical (unpaired) electrons. The van der Waals surface area contributed by atoms with Crippen molar-refractivity contribution in [3.8, 4) is 17.1 Å². The number of hydrogen-bond acceptors (Lipinski definition) is 6. The molecule has 0 bridgehead atoms. The largest absolute Gasteiger partial charge is 0.478 e. The number of ether oxygens (including phenoxy) is 1. The molecule has 8 nitrogen and oxygen atoms in total. The minimum atomic E-state index is -1.79. The minimum absolute atomic E-state index is 0.145. The molecule has 47 heavy (non-hydrogen) atoms. The first-order chi connectivity index (χ1) is 22.6. The van der Waals surface area contributed by atoms with E-state index in [2.05, 4.69) is 15.3 Å². The van der Waals surface area contributed by atoms with Crippen LogP contribution in [0, 0.1) is 31.3 Å². The van der Waals surface area contributed by atoms with Gasteiger partial charge in [-0.3, -0.25) is 10.1 Å². The number of carboxylic acid groups (broad SMARTS) is 1. The lowest BCUT2D eigenvalue weighted by Gasteiger charge is -2.39. The molecule has 5 aromatic rings. The molecule has 0 saturated carbocycles. The average Bonchev–Trinajstić information content (AvgIpc) is 3.18. The van der Waals surface area contributed by atoms with Gasteiger partial charge in [0.1, 0.15) is 11.4 Å². The van der Waals surface area contributed by atoms with Crippen molar-refractivity contribution in [2.75, 3.05) is 11.4 Å². The summed E-state index contributed by atoms with van der Waals surface area (Å²) in [6, 6.07) is 26.0. The van der Waals surface area contributed by atoms with E-state index < -0.39 is 59.6 Å². The lowest BCUT2D eigenvalue weighted by molar-refractivity contribution is -0.149. The van der Waals surface area contributed by atoms with Gasteiger partial charge >= 0.3 is 12.0 Å². The van der Waals surface area contributed by atoms with Crippen LogP contribution in [0.3, 0.4) is 0 Å². The quantitative estimate of drug-likeness (QED) is 0.198. The van der Waals surface area contributed by atoms with Gasteiger partial charge < -0.3 is 14.7 Å². The lowest BCUT2D eigenvalue weighted by Crippen LogP contribution is -2.58. The predicted octanol–water partition coefficient (Wildman–Crippen LogP) is 6.09. The molecule has 1 aliphatic heterocycles. The number of carboxylic acids is 1. The lowest BCUT2D eigenvalue weighted by atomic mass is 9.76. The minimum Gasteiger partial charge on any atom is -0.478 e. The van der Waals surface area contributed by atoms with Crippen molar-refractivity contribution >= 4 is 17.6 Å². The van der Waals surface area contributed by atoms with E-state index in [9.17, 15) is 27.9 Å². The second kappa shape index (κ2) is 12.7.